The Labute approximate surface area is 138 Å². The first kappa shape index (κ1) is 16.0. The number of benzene rings is 1. The summed E-state index contributed by atoms with van der Waals surface area (Å²) in [6.45, 7) is 1.32. The molecule has 3 rings (SSSR count). The lowest BCUT2D eigenvalue weighted by molar-refractivity contribution is 0.0932. The van der Waals surface area contributed by atoms with E-state index in [1.165, 1.54) is 36.1 Å². The molecule has 4 nitrogen and oxygen atoms in total. The minimum atomic E-state index is -2.61. The van der Waals surface area contributed by atoms with Gasteiger partial charge in [-0.3, -0.25) is 0 Å². The third-order valence-corrected chi connectivity index (χ3v) is 3.88. The number of imidazole rings is 1. The lowest BCUT2D eigenvalue weighted by Crippen LogP contribution is -2.12. The number of nitrogens with zero attached hydrogens (tertiary/aromatic N) is 4. The van der Waals surface area contributed by atoms with Crippen molar-refractivity contribution in [2.24, 2.45) is 0 Å². The predicted octanol–water partition coefficient (Wildman–Crippen LogP) is 4.77. The molecule has 0 amide bonds. The van der Waals surface area contributed by atoms with Crippen LogP contribution in [0.15, 0.2) is 24.7 Å². The lowest BCUT2D eigenvalue weighted by Gasteiger charge is -2.13. The van der Waals surface area contributed by atoms with Gasteiger partial charge in [0.05, 0.1) is 34.8 Å². The van der Waals surface area contributed by atoms with Crippen molar-refractivity contribution in [3.8, 4) is 11.3 Å². The van der Waals surface area contributed by atoms with Gasteiger partial charge in [0, 0.05) is 5.56 Å². The van der Waals surface area contributed by atoms with Gasteiger partial charge in [0.2, 0.25) is 5.28 Å². The summed E-state index contributed by atoms with van der Waals surface area (Å²) in [7, 11) is 0. The van der Waals surface area contributed by atoms with Gasteiger partial charge < -0.3 is 4.57 Å². The summed E-state index contributed by atoms with van der Waals surface area (Å²) in [6, 6.07) is 1.52. The van der Waals surface area contributed by atoms with Crippen molar-refractivity contribution in [1.29, 1.82) is 0 Å². The van der Waals surface area contributed by atoms with Gasteiger partial charge in [-0.05, 0) is 30.7 Å². The number of rotatable bonds is 3. The van der Waals surface area contributed by atoms with Crippen LogP contribution in [-0.4, -0.2) is 25.9 Å². The second kappa shape index (κ2) is 5.98. The molecule has 1 unspecified atom stereocenters. The summed E-state index contributed by atoms with van der Waals surface area (Å²) in [5, 5.41) is 0.112. The third kappa shape index (κ3) is 2.86. The van der Waals surface area contributed by atoms with Crippen molar-refractivity contribution < 1.29 is 13.2 Å². The van der Waals surface area contributed by atoms with E-state index in [9.17, 15) is 13.2 Å². The molecule has 3 aromatic rings. The Hall–Kier alpha value is -1.86. The van der Waals surface area contributed by atoms with E-state index in [-0.39, 0.29) is 27.0 Å². The summed E-state index contributed by atoms with van der Waals surface area (Å²) in [5.74, 6) is -0.663. The minimum absolute atomic E-state index is 0.00229. The number of hydrogen-bond acceptors (Lipinski definition) is 3. The first-order valence-corrected chi connectivity index (χ1v) is 7.26. The van der Waals surface area contributed by atoms with Crippen LogP contribution in [0.2, 0.25) is 10.3 Å². The van der Waals surface area contributed by atoms with Crippen LogP contribution in [0.3, 0.4) is 0 Å². The molecule has 1 atom stereocenters. The molecule has 0 radical (unpaired) electrons. The fourth-order valence-electron chi connectivity index (χ4n) is 2.22. The van der Waals surface area contributed by atoms with E-state index in [0.29, 0.717) is 5.56 Å². The zero-order chi connectivity index (χ0) is 16.7. The SMILES string of the molecule is CC(C(F)F)n1cnc2c(F)cc(-c3nc(Cl)ncc3Cl)cc21. The van der Waals surface area contributed by atoms with Crippen molar-refractivity contribution in [3.05, 3.63) is 40.8 Å². The molecule has 0 aliphatic carbocycles. The molecule has 0 fully saturated rings. The maximum Gasteiger partial charge on any atom is 0.258 e. The monoisotopic (exact) mass is 360 g/mol. The van der Waals surface area contributed by atoms with E-state index >= 15 is 0 Å². The van der Waals surface area contributed by atoms with Crippen LogP contribution < -0.4 is 0 Å². The molecule has 0 saturated heterocycles. The van der Waals surface area contributed by atoms with Gasteiger partial charge in [0.15, 0.2) is 5.82 Å². The molecule has 9 heteroatoms. The Bertz CT molecular complexity index is 882. The second-order valence-electron chi connectivity index (χ2n) is 4.89. The number of hydrogen-bond donors (Lipinski definition) is 0. The van der Waals surface area contributed by atoms with E-state index in [4.69, 9.17) is 23.2 Å². The second-order valence-corrected chi connectivity index (χ2v) is 5.63. The highest BCUT2D eigenvalue weighted by Gasteiger charge is 2.21. The van der Waals surface area contributed by atoms with E-state index < -0.39 is 18.3 Å². The van der Waals surface area contributed by atoms with E-state index in [0.717, 1.165) is 0 Å². The van der Waals surface area contributed by atoms with Crippen molar-refractivity contribution in [2.75, 3.05) is 0 Å². The Morgan fingerprint density at radius 2 is 1.91 bits per heavy atom. The molecule has 0 saturated carbocycles. The lowest BCUT2D eigenvalue weighted by atomic mass is 10.1. The quantitative estimate of drug-likeness (QED) is 0.632. The standard InChI is InChI=1S/C14H9Cl2F3N4/c1-6(13(18)19)23-5-21-12-9(17)2-7(3-10(12)23)11-8(15)4-20-14(16)22-11/h2-6,13H,1H3. The first-order chi connectivity index (χ1) is 10.9. The van der Waals surface area contributed by atoms with Crippen LogP contribution in [-0.2, 0) is 0 Å². The number of fused-ring (bicyclic) bond motifs is 1. The van der Waals surface area contributed by atoms with Crippen molar-refractivity contribution in [1.82, 2.24) is 19.5 Å². The zero-order valence-electron chi connectivity index (χ0n) is 11.6. The maximum atomic E-state index is 14.3. The zero-order valence-corrected chi connectivity index (χ0v) is 13.2. The molecule has 0 aliphatic heterocycles. The Balaban J connectivity index is 2.24. The van der Waals surface area contributed by atoms with Gasteiger partial charge in [0.1, 0.15) is 5.52 Å². The summed E-state index contributed by atoms with van der Waals surface area (Å²) in [6.07, 6.45) is -0.146. The maximum absolute atomic E-state index is 14.3. The molecular weight excluding hydrogens is 352 g/mol. The molecule has 0 aliphatic rings. The molecule has 0 bridgehead atoms. The summed E-state index contributed by atoms with van der Waals surface area (Å²) in [4.78, 5) is 11.5. The first-order valence-electron chi connectivity index (χ1n) is 6.51. The van der Waals surface area contributed by atoms with Crippen LogP contribution in [0.4, 0.5) is 13.2 Å². The predicted molar refractivity (Wildman–Crippen MR) is 81.5 cm³/mol. The van der Waals surface area contributed by atoms with Crippen LogP contribution in [0, 0.1) is 5.82 Å². The summed E-state index contributed by atoms with van der Waals surface area (Å²) in [5.41, 5.74) is 0.730. The van der Waals surface area contributed by atoms with Crippen LogP contribution in [0.25, 0.3) is 22.3 Å². The fourth-order valence-corrected chi connectivity index (χ4v) is 2.56. The van der Waals surface area contributed by atoms with Crippen LogP contribution in [0.5, 0.6) is 0 Å². The number of alkyl halides is 2. The van der Waals surface area contributed by atoms with Gasteiger partial charge in [-0.15, -0.1) is 0 Å². The molecule has 23 heavy (non-hydrogen) atoms. The molecule has 2 heterocycles. The largest absolute Gasteiger partial charge is 0.322 e. The van der Waals surface area contributed by atoms with Gasteiger partial charge in [-0.25, -0.2) is 28.1 Å². The van der Waals surface area contributed by atoms with Gasteiger partial charge >= 0.3 is 0 Å². The fraction of sp³-hybridized carbons (Fsp3) is 0.214. The topological polar surface area (TPSA) is 43.6 Å². The minimum Gasteiger partial charge on any atom is -0.322 e. The summed E-state index contributed by atoms with van der Waals surface area (Å²) >= 11 is 11.7. The van der Waals surface area contributed by atoms with Gasteiger partial charge in [0.25, 0.3) is 6.43 Å². The van der Waals surface area contributed by atoms with Crippen LogP contribution >= 0.6 is 23.2 Å². The number of halogens is 5. The highest BCUT2D eigenvalue weighted by molar-refractivity contribution is 6.33. The van der Waals surface area contributed by atoms with Crippen molar-refractivity contribution in [2.45, 2.75) is 19.4 Å². The average Bonchev–Trinajstić information content (AvgIpc) is 2.93. The van der Waals surface area contributed by atoms with Gasteiger partial charge in [-0.1, -0.05) is 11.6 Å². The van der Waals surface area contributed by atoms with Gasteiger partial charge in [-0.2, -0.15) is 0 Å². The Morgan fingerprint density at radius 1 is 1.17 bits per heavy atom. The smallest absolute Gasteiger partial charge is 0.258 e. The Morgan fingerprint density at radius 3 is 2.61 bits per heavy atom. The average molecular weight is 361 g/mol. The number of aromatic nitrogens is 4. The van der Waals surface area contributed by atoms with Crippen LogP contribution in [0.1, 0.15) is 13.0 Å². The highest BCUT2D eigenvalue weighted by Crippen LogP contribution is 2.32. The van der Waals surface area contributed by atoms with Crippen molar-refractivity contribution >= 4 is 34.2 Å². The summed E-state index contributed by atoms with van der Waals surface area (Å²) < 4.78 is 41.4. The molecule has 0 N–H and O–H groups in total. The van der Waals surface area contributed by atoms with E-state index in [1.807, 2.05) is 0 Å². The molecule has 0 spiro atoms. The third-order valence-electron chi connectivity index (χ3n) is 3.42. The normalized spacial score (nSPS) is 13.0. The highest BCUT2D eigenvalue weighted by atomic mass is 35.5. The van der Waals surface area contributed by atoms with E-state index in [1.54, 1.807) is 0 Å². The molecule has 120 valence electrons. The van der Waals surface area contributed by atoms with Crippen molar-refractivity contribution in [3.63, 3.8) is 0 Å². The molecule has 1 aromatic carbocycles. The van der Waals surface area contributed by atoms with E-state index in [2.05, 4.69) is 15.0 Å². The molecular formula is C14H9Cl2F3N4. The Kier molecular flexibility index (Phi) is 4.16. The molecule has 2 aromatic heterocycles.